The summed E-state index contributed by atoms with van der Waals surface area (Å²) in [4.78, 5) is 2.32. The van der Waals surface area contributed by atoms with Crippen molar-refractivity contribution in [1.82, 2.24) is 0 Å². The van der Waals surface area contributed by atoms with Crippen LogP contribution in [0.3, 0.4) is 0 Å². The quantitative estimate of drug-likeness (QED) is 0.187. The smallest absolute Gasteiger partial charge is 0.159 e. The summed E-state index contributed by atoms with van der Waals surface area (Å²) in [5.74, 6) is 0. The number of hydrogen-bond donors (Lipinski definition) is 0. The van der Waals surface area contributed by atoms with E-state index in [0.29, 0.717) is 0 Å². The topological polar surface area (TPSA) is 16.4 Å². The normalized spacial score (nSPS) is 11.6. The summed E-state index contributed by atoms with van der Waals surface area (Å²) in [5.41, 5.74) is 9.68. The second-order valence-electron chi connectivity index (χ2n) is 13.0. The van der Waals surface area contributed by atoms with Crippen LogP contribution in [0.25, 0.3) is 76.5 Å². The van der Waals surface area contributed by atoms with Gasteiger partial charge in [-0.1, -0.05) is 140 Å². The molecule has 0 saturated heterocycles. The Labute approximate surface area is 290 Å². The largest absolute Gasteiger partial charge is 0.453 e. The van der Waals surface area contributed by atoms with Crippen molar-refractivity contribution >= 4 is 71.3 Å². The van der Waals surface area contributed by atoms with E-state index in [1.54, 1.807) is 0 Å². The van der Waals surface area contributed by atoms with Gasteiger partial charge in [0.15, 0.2) is 5.58 Å². The SMILES string of the molecule is c1ccc2cc(-c3ccc(N(c4ccc(-c5ccc6ccccc6c5)cc4)c4cccc5c4oc4c6ccccc6ccc54)cc3)ccc2c1. The van der Waals surface area contributed by atoms with Crippen molar-refractivity contribution in [3.8, 4) is 22.3 Å². The molecule has 0 bridgehead atoms. The molecule has 0 saturated carbocycles. The van der Waals surface area contributed by atoms with Crippen LogP contribution in [0.15, 0.2) is 192 Å². The predicted octanol–water partition coefficient (Wildman–Crippen LogP) is 13.8. The van der Waals surface area contributed by atoms with Gasteiger partial charge in [0.25, 0.3) is 0 Å². The first-order chi connectivity index (χ1) is 24.8. The molecule has 9 aromatic carbocycles. The molecule has 0 aliphatic heterocycles. The highest BCUT2D eigenvalue weighted by atomic mass is 16.3. The first-order valence-corrected chi connectivity index (χ1v) is 17.1. The van der Waals surface area contributed by atoms with E-state index in [0.717, 1.165) is 44.4 Å². The minimum absolute atomic E-state index is 0.871. The zero-order valence-corrected chi connectivity index (χ0v) is 27.3. The molecule has 0 radical (unpaired) electrons. The maximum Gasteiger partial charge on any atom is 0.159 e. The van der Waals surface area contributed by atoms with E-state index in [4.69, 9.17) is 4.42 Å². The second-order valence-corrected chi connectivity index (χ2v) is 13.0. The molecule has 0 aliphatic carbocycles. The molecule has 10 rings (SSSR count). The highest BCUT2D eigenvalue weighted by molar-refractivity contribution is 6.17. The number of nitrogens with zero attached hydrogens (tertiary/aromatic N) is 1. The molecule has 0 spiro atoms. The molecule has 0 N–H and O–H groups in total. The Kier molecular flexibility index (Phi) is 6.53. The lowest BCUT2D eigenvalue weighted by Gasteiger charge is -2.26. The van der Waals surface area contributed by atoms with Crippen LogP contribution in [0.2, 0.25) is 0 Å². The summed E-state index contributed by atoms with van der Waals surface area (Å²) in [6.07, 6.45) is 0. The summed E-state index contributed by atoms with van der Waals surface area (Å²) < 4.78 is 6.85. The number of rotatable bonds is 5. The molecule has 0 unspecified atom stereocenters. The molecule has 1 heterocycles. The van der Waals surface area contributed by atoms with Crippen LogP contribution in [0, 0.1) is 0 Å². The third-order valence-corrected chi connectivity index (χ3v) is 10.0. The molecule has 10 aromatic rings. The Balaban J connectivity index is 1.12. The average Bonchev–Trinajstić information content (AvgIpc) is 3.58. The van der Waals surface area contributed by atoms with Crippen molar-refractivity contribution in [3.05, 3.63) is 188 Å². The minimum Gasteiger partial charge on any atom is -0.453 e. The lowest BCUT2D eigenvalue weighted by Crippen LogP contribution is -2.10. The average molecular weight is 638 g/mol. The van der Waals surface area contributed by atoms with E-state index in [9.17, 15) is 0 Å². The van der Waals surface area contributed by atoms with Crippen molar-refractivity contribution in [2.75, 3.05) is 4.90 Å². The maximum absolute atomic E-state index is 6.85. The molecule has 0 atom stereocenters. The number of hydrogen-bond acceptors (Lipinski definition) is 2. The molecule has 50 heavy (non-hydrogen) atoms. The van der Waals surface area contributed by atoms with Crippen LogP contribution in [0.1, 0.15) is 0 Å². The molecule has 2 heteroatoms. The van der Waals surface area contributed by atoms with Crippen molar-refractivity contribution in [1.29, 1.82) is 0 Å². The summed E-state index contributed by atoms with van der Waals surface area (Å²) in [6.45, 7) is 0. The lowest BCUT2D eigenvalue weighted by molar-refractivity contribution is 0.673. The van der Waals surface area contributed by atoms with Crippen LogP contribution in [-0.2, 0) is 0 Å². The summed E-state index contributed by atoms with van der Waals surface area (Å²) in [6, 6.07) is 67.5. The summed E-state index contributed by atoms with van der Waals surface area (Å²) in [7, 11) is 0. The van der Waals surface area contributed by atoms with E-state index in [1.165, 1.54) is 49.2 Å². The van der Waals surface area contributed by atoms with E-state index >= 15 is 0 Å². The first-order valence-electron chi connectivity index (χ1n) is 17.1. The van der Waals surface area contributed by atoms with Gasteiger partial charge in [-0.15, -0.1) is 0 Å². The number of fused-ring (bicyclic) bond motifs is 7. The fourth-order valence-electron chi connectivity index (χ4n) is 7.46. The number of anilines is 3. The summed E-state index contributed by atoms with van der Waals surface area (Å²) in [5, 5.41) is 9.50. The molecule has 234 valence electrons. The zero-order chi connectivity index (χ0) is 33.0. The van der Waals surface area contributed by atoms with Crippen LogP contribution >= 0.6 is 0 Å². The number of furan rings is 1. The maximum atomic E-state index is 6.85. The van der Waals surface area contributed by atoms with Crippen LogP contribution in [0.5, 0.6) is 0 Å². The second kappa shape index (κ2) is 11.5. The Morgan fingerprint density at radius 1 is 0.300 bits per heavy atom. The van der Waals surface area contributed by atoms with Crippen molar-refractivity contribution in [2.45, 2.75) is 0 Å². The third-order valence-electron chi connectivity index (χ3n) is 10.0. The van der Waals surface area contributed by atoms with E-state index in [2.05, 4.69) is 193 Å². The monoisotopic (exact) mass is 637 g/mol. The van der Waals surface area contributed by atoms with Gasteiger partial charge in [0.05, 0.1) is 5.69 Å². The Morgan fingerprint density at radius 2 is 0.760 bits per heavy atom. The van der Waals surface area contributed by atoms with E-state index in [1.807, 2.05) is 0 Å². The van der Waals surface area contributed by atoms with Gasteiger partial charge in [-0.05, 0) is 97.7 Å². The van der Waals surface area contributed by atoms with Gasteiger partial charge in [-0.3, -0.25) is 0 Å². The lowest BCUT2D eigenvalue weighted by atomic mass is 10.00. The van der Waals surface area contributed by atoms with E-state index in [-0.39, 0.29) is 0 Å². The Hall–Kier alpha value is -6.64. The van der Waals surface area contributed by atoms with Gasteiger partial charge >= 0.3 is 0 Å². The third kappa shape index (κ3) is 4.73. The number of benzene rings is 9. The van der Waals surface area contributed by atoms with Gasteiger partial charge in [-0.25, -0.2) is 0 Å². The van der Waals surface area contributed by atoms with Crippen LogP contribution in [-0.4, -0.2) is 0 Å². The molecule has 0 fully saturated rings. The fourth-order valence-corrected chi connectivity index (χ4v) is 7.46. The van der Waals surface area contributed by atoms with Crippen molar-refractivity contribution in [3.63, 3.8) is 0 Å². The van der Waals surface area contributed by atoms with Gasteiger partial charge < -0.3 is 9.32 Å². The number of para-hydroxylation sites is 1. The predicted molar refractivity (Wildman–Crippen MR) is 212 cm³/mol. The Morgan fingerprint density at radius 3 is 1.36 bits per heavy atom. The molecular formula is C48H31NO. The molecule has 1 aromatic heterocycles. The van der Waals surface area contributed by atoms with Crippen molar-refractivity contribution < 1.29 is 4.42 Å². The zero-order valence-electron chi connectivity index (χ0n) is 27.3. The van der Waals surface area contributed by atoms with Crippen molar-refractivity contribution in [2.24, 2.45) is 0 Å². The highest BCUT2D eigenvalue weighted by Gasteiger charge is 2.20. The minimum atomic E-state index is 0.871. The highest BCUT2D eigenvalue weighted by Crippen LogP contribution is 2.44. The fraction of sp³-hybridized carbons (Fsp3) is 0. The van der Waals surface area contributed by atoms with E-state index < -0.39 is 0 Å². The molecular weight excluding hydrogens is 607 g/mol. The standard InChI is InChI=1S/C48H31NO/c1-3-11-37-30-39(18-16-32(37)8-1)34-20-25-41(26-21-34)49(42-27-22-35(23-28-42)40-19-17-33-9-2-4-12-38(33)31-40)46-15-7-14-44-45-29-24-36-10-5-6-13-43(36)47(45)50-48(44)46/h1-31H. The van der Waals surface area contributed by atoms with Gasteiger partial charge in [0.2, 0.25) is 0 Å². The molecule has 0 aliphatic rings. The molecule has 2 nitrogen and oxygen atoms in total. The van der Waals surface area contributed by atoms with Crippen LogP contribution in [0.4, 0.5) is 17.1 Å². The first kappa shape index (κ1) is 28.4. The van der Waals surface area contributed by atoms with Gasteiger partial charge in [0, 0.05) is 27.5 Å². The van der Waals surface area contributed by atoms with Gasteiger partial charge in [-0.2, -0.15) is 0 Å². The van der Waals surface area contributed by atoms with Crippen LogP contribution < -0.4 is 4.90 Å². The molecule has 0 amide bonds. The Bertz CT molecular complexity index is 2740. The van der Waals surface area contributed by atoms with Gasteiger partial charge in [0.1, 0.15) is 5.58 Å². The summed E-state index contributed by atoms with van der Waals surface area (Å²) >= 11 is 0.